The maximum atomic E-state index is 12.6. The molecule has 140 valence electrons. The Hall–Kier alpha value is -3.15. The van der Waals surface area contributed by atoms with Crippen molar-refractivity contribution in [2.24, 2.45) is 5.92 Å². The van der Waals surface area contributed by atoms with Gasteiger partial charge >= 0.3 is 0 Å². The van der Waals surface area contributed by atoms with Crippen LogP contribution in [0.3, 0.4) is 0 Å². The Morgan fingerprint density at radius 2 is 1.78 bits per heavy atom. The van der Waals surface area contributed by atoms with E-state index in [0.717, 1.165) is 17.7 Å². The zero-order chi connectivity index (χ0) is 19.4. The first-order valence-electron chi connectivity index (χ1n) is 9.04. The number of nitrogens with zero attached hydrogens (tertiary/aromatic N) is 1. The molecule has 1 fully saturated rings. The van der Waals surface area contributed by atoms with E-state index in [2.05, 4.69) is 17.6 Å². The van der Waals surface area contributed by atoms with Gasteiger partial charge in [-0.25, -0.2) is 0 Å². The summed E-state index contributed by atoms with van der Waals surface area (Å²) in [6, 6.07) is 14.8. The molecule has 0 saturated carbocycles. The molecular weight excluding hydrogens is 342 g/mol. The lowest BCUT2D eigenvalue weighted by molar-refractivity contribution is -0.122. The minimum absolute atomic E-state index is 0.0996. The van der Waals surface area contributed by atoms with Crippen LogP contribution in [0.1, 0.15) is 25.8 Å². The van der Waals surface area contributed by atoms with E-state index in [-0.39, 0.29) is 24.1 Å². The van der Waals surface area contributed by atoms with E-state index in [1.807, 2.05) is 24.3 Å². The minimum Gasteiger partial charge on any atom is -0.326 e. The maximum absolute atomic E-state index is 12.6. The van der Waals surface area contributed by atoms with Crippen molar-refractivity contribution < 1.29 is 14.4 Å². The van der Waals surface area contributed by atoms with E-state index >= 15 is 0 Å². The summed E-state index contributed by atoms with van der Waals surface area (Å²) in [5, 5.41) is 5.62. The third kappa shape index (κ3) is 4.53. The van der Waals surface area contributed by atoms with Crippen molar-refractivity contribution in [2.75, 3.05) is 22.1 Å². The fourth-order valence-corrected chi connectivity index (χ4v) is 3.20. The van der Waals surface area contributed by atoms with Gasteiger partial charge in [-0.3, -0.25) is 14.4 Å². The summed E-state index contributed by atoms with van der Waals surface area (Å²) in [5.74, 6) is -0.840. The van der Waals surface area contributed by atoms with Crippen LogP contribution >= 0.6 is 0 Å². The normalized spacial score (nSPS) is 16.3. The third-order valence-corrected chi connectivity index (χ3v) is 4.58. The van der Waals surface area contributed by atoms with Crippen LogP contribution in [0.25, 0.3) is 0 Å². The molecule has 0 aliphatic carbocycles. The Morgan fingerprint density at radius 3 is 2.48 bits per heavy atom. The van der Waals surface area contributed by atoms with Gasteiger partial charge in [0, 0.05) is 37.0 Å². The Kier molecular flexibility index (Phi) is 5.54. The van der Waals surface area contributed by atoms with E-state index in [1.54, 1.807) is 29.2 Å². The molecule has 2 N–H and O–H groups in total. The van der Waals surface area contributed by atoms with Gasteiger partial charge in [0.15, 0.2) is 0 Å². The SMILES string of the molecule is CCc1cccc(NC(=O)[C@@H]2CC(=O)N(c3cccc(NC(C)=O)c3)C2)c1. The molecule has 1 atom stereocenters. The molecule has 0 spiro atoms. The number of nitrogens with one attached hydrogen (secondary N) is 2. The van der Waals surface area contributed by atoms with Crippen LogP contribution in [0.4, 0.5) is 17.1 Å². The zero-order valence-corrected chi connectivity index (χ0v) is 15.5. The quantitative estimate of drug-likeness (QED) is 0.854. The summed E-state index contributed by atoms with van der Waals surface area (Å²) in [5.41, 5.74) is 3.19. The van der Waals surface area contributed by atoms with Gasteiger partial charge in [-0.15, -0.1) is 0 Å². The van der Waals surface area contributed by atoms with Crippen LogP contribution < -0.4 is 15.5 Å². The standard InChI is InChI=1S/C21H23N3O3/c1-3-15-6-4-7-17(10-15)23-21(27)16-11-20(26)24(13-16)19-9-5-8-18(12-19)22-14(2)25/h4-10,12,16H,3,11,13H2,1-2H3,(H,22,25)(H,23,27)/t16-/m1/s1. The smallest absolute Gasteiger partial charge is 0.229 e. The largest absolute Gasteiger partial charge is 0.326 e. The summed E-state index contributed by atoms with van der Waals surface area (Å²) in [6.45, 7) is 3.81. The number of rotatable bonds is 5. The Morgan fingerprint density at radius 1 is 1.07 bits per heavy atom. The molecule has 3 rings (SSSR count). The van der Waals surface area contributed by atoms with Crippen molar-refractivity contribution in [1.82, 2.24) is 0 Å². The summed E-state index contributed by atoms with van der Waals surface area (Å²) >= 11 is 0. The highest BCUT2D eigenvalue weighted by Gasteiger charge is 2.35. The van der Waals surface area contributed by atoms with E-state index < -0.39 is 5.92 Å². The number of carbonyl (C=O) groups excluding carboxylic acids is 3. The number of carbonyl (C=O) groups is 3. The van der Waals surface area contributed by atoms with E-state index in [9.17, 15) is 14.4 Å². The zero-order valence-electron chi connectivity index (χ0n) is 15.5. The first-order valence-corrected chi connectivity index (χ1v) is 9.04. The van der Waals surface area contributed by atoms with Crippen LogP contribution in [-0.4, -0.2) is 24.3 Å². The molecule has 1 saturated heterocycles. The molecule has 6 nitrogen and oxygen atoms in total. The number of amides is 3. The van der Waals surface area contributed by atoms with Gasteiger partial charge in [-0.1, -0.05) is 25.1 Å². The van der Waals surface area contributed by atoms with Gasteiger partial charge in [0.1, 0.15) is 0 Å². The lowest BCUT2D eigenvalue weighted by atomic mass is 10.1. The van der Waals surface area contributed by atoms with E-state index in [1.165, 1.54) is 6.92 Å². The van der Waals surface area contributed by atoms with Gasteiger partial charge in [-0.05, 0) is 42.3 Å². The van der Waals surface area contributed by atoms with Crippen molar-refractivity contribution in [1.29, 1.82) is 0 Å². The number of anilines is 3. The fraction of sp³-hybridized carbons (Fsp3) is 0.286. The van der Waals surface area contributed by atoms with Crippen molar-refractivity contribution in [3.05, 3.63) is 54.1 Å². The first-order chi connectivity index (χ1) is 13.0. The summed E-state index contributed by atoms with van der Waals surface area (Å²) < 4.78 is 0. The molecule has 3 amide bonds. The highest BCUT2D eigenvalue weighted by molar-refractivity contribution is 6.04. The highest BCUT2D eigenvalue weighted by Crippen LogP contribution is 2.28. The van der Waals surface area contributed by atoms with Crippen LogP contribution in [-0.2, 0) is 20.8 Å². The fourth-order valence-electron chi connectivity index (χ4n) is 3.20. The number of hydrogen-bond donors (Lipinski definition) is 2. The second-order valence-electron chi connectivity index (χ2n) is 6.68. The van der Waals surface area contributed by atoms with Crippen LogP contribution in [0.2, 0.25) is 0 Å². The second-order valence-corrected chi connectivity index (χ2v) is 6.68. The molecule has 0 unspecified atom stereocenters. The predicted molar refractivity (Wildman–Crippen MR) is 106 cm³/mol. The van der Waals surface area contributed by atoms with E-state index in [0.29, 0.717) is 17.9 Å². The van der Waals surface area contributed by atoms with Crippen LogP contribution in [0.15, 0.2) is 48.5 Å². The molecule has 0 aromatic heterocycles. The van der Waals surface area contributed by atoms with Gasteiger partial charge in [-0.2, -0.15) is 0 Å². The minimum atomic E-state index is -0.410. The average Bonchev–Trinajstić information content (AvgIpc) is 3.03. The summed E-state index contributed by atoms with van der Waals surface area (Å²) in [4.78, 5) is 37.9. The first kappa shape index (κ1) is 18.6. The molecule has 1 heterocycles. The summed E-state index contributed by atoms with van der Waals surface area (Å²) in [6.07, 6.45) is 1.06. The number of benzene rings is 2. The van der Waals surface area contributed by atoms with Crippen LogP contribution in [0.5, 0.6) is 0 Å². The average molecular weight is 365 g/mol. The number of aryl methyl sites for hydroxylation is 1. The number of hydrogen-bond acceptors (Lipinski definition) is 3. The third-order valence-electron chi connectivity index (χ3n) is 4.58. The Labute approximate surface area is 158 Å². The predicted octanol–water partition coefficient (Wildman–Crippen LogP) is 3.20. The van der Waals surface area contributed by atoms with Gasteiger partial charge < -0.3 is 15.5 Å². The molecule has 2 aromatic rings. The molecular formula is C21H23N3O3. The highest BCUT2D eigenvalue weighted by atomic mass is 16.2. The van der Waals surface area contributed by atoms with Gasteiger partial charge in [0.2, 0.25) is 17.7 Å². The monoisotopic (exact) mass is 365 g/mol. The van der Waals surface area contributed by atoms with E-state index in [4.69, 9.17) is 0 Å². The maximum Gasteiger partial charge on any atom is 0.229 e. The lowest BCUT2D eigenvalue weighted by Gasteiger charge is -2.18. The second kappa shape index (κ2) is 8.03. The Balaban J connectivity index is 1.69. The van der Waals surface area contributed by atoms with Crippen molar-refractivity contribution in [3.63, 3.8) is 0 Å². The molecule has 0 bridgehead atoms. The van der Waals surface area contributed by atoms with Gasteiger partial charge in [0.25, 0.3) is 0 Å². The van der Waals surface area contributed by atoms with Crippen LogP contribution in [0, 0.1) is 5.92 Å². The molecule has 2 aromatic carbocycles. The molecule has 6 heteroatoms. The van der Waals surface area contributed by atoms with Crippen molar-refractivity contribution >= 4 is 34.8 Å². The lowest BCUT2D eigenvalue weighted by Crippen LogP contribution is -2.28. The topological polar surface area (TPSA) is 78.5 Å². The molecule has 1 aliphatic heterocycles. The van der Waals surface area contributed by atoms with Gasteiger partial charge in [0.05, 0.1) is 5.92 Å². The molecule has 27 heavy (non-hydrogen) atoms. The van der Waals surface area contributed by atoms with Crippen molar-refractivity contribution in [3.8, 4) is 0 Å². The molecule has 1 aliphatic rings. The molecule has 0 radical (unpaired) electrons. The van der Waals surface area contributed by atoms with Crippen molar-refractivity contribution in [2.45, 2.75) is 26.7 Å². The summed E-state index contributed by atoms with van der Waals surface area (Å²) in [7, 11) is 0. The Bertz CT molecular complexity index is 878.